The van der Waals surface area contributed by atoms with Crippen LogP contribution in [0.25, 0.3) is 0 Å². The minimum atomic E-state index is -0.232. The molecule has 1 atom stereocenters. The number of methoxy groups -OCH3 is 1. The zero-order chi connectivity index (χ0) is 58.2. The molecule has 0 aliphatic heterocycles. The van der Waals surface area contributed by atoms with E-state index in [2.05, 4.69) is 54.2 Å². The molecule has 0 aromatic heterocycles. The van der Waals surface area contributed by atoms with Crippen molar-refractivity contribution >= 4 is 23.9 Å². The summed E-state index contributed by atoms with van der Waals surface area (Å²) < 4.78 is 22.2. The smallest absolute Gasteiger partial charge is 0.307 e. The Kier molecular flexibility index (Phi) is 54.1. The Hall–Kier alpha value is -2.28. The minimum absolute atomic E-state index is 0.153. The summed E-state index contributed by atoms with van der Waals surface area (Å²) in [5, 5.41) is 0. The number of carbonyl (C=O) groups excluding carboxylic acids is 4. The molecular weight excluding hydrogens is 1000 g/mol. The van der Waals surface area contributed by atoms with Crippen LogP contribution in [-0.4, -0.2) is 148 Å². The fraction of sp³-hybridized carbons (Fsp3) is 0.941. The van der Waals surface area contributed by atoms with Gasteiger partial charge in [-0.05, 0) is 45.4 Å². The number of carbonyl (C=O) groups is 4. The van der Waals surface area contributed by atoms with Gasteiger partial charge in [-0.3, -0.25) is 29.0 Å². The van der Waals surface area contributed by atoms with Gasteiger partial charge in [0.15, 0.2) is 0 Å². The highest BCUT2D eigenvalue weighted by Gasteiger charge is 2.25. The molecule has 0 bridgehead atoms. The van der Waals surface area contributed by atoms with Crippen LogP contribution in [0.2, 0.25) is 0 Å². The predicted octanol–water partition coefficient (Wildman–Crippen LogP) is 16.6. The lowest BCUT2D eigenvalue weighted by atomic mass is 9.94. The predicted molar refractivity (Wildman–Crippen MR) is 335 cm³/mol. The lowest BCUT2D eigenvalue weighted by Crippen LogP contribution is -2.48. The number of unbranched alkanes of at least 4 members (excludes halogenated alkanes) is 30. The van der Waals surface area contributed by atoms with Gasteiger partial charge in [-0.2, -0.15) is 0 Å². The lowest BCUT2D eigenvalue weighted by molar-refractivity contribution is -0.145. The average Bonchev–Trinajstić information content (AvgIpc) is 3.47. The first-order valence-corrected chi connectivity index (χ1v) is 34.6. The fourth-order valence-corrected chi connectivity index (χ4v) is 11.4. The van der Waals surface area contributed by atoms with Gasteiger partial charge >= 0.3 is 23.9 Å². The molecule has 0 saturated heterocycles. The number of nitrogens with zero attached hydrogens (tertiary/aromatic N) is 4. The Morgan fingerprint density at radius 1 is 0.362 bits per heavy atom. The van der Waals surface area contributed by atoms with E-state index in [4.69, 9.17) is 18.9 Å². The Morgan fingerprint density at radius 2 is 0.650 bits per heavy atom. The third-order valence-electron chi connectivity index (χ3n) is 17.2. The number of esters is 4. The maximum Gasteiger partial charge on any atom is 0.307 e. The summed E-state index contributed by atoms with van der Waals surface area (Å²) in [5.74, 6) is -0.694. The van der Waals surface area contributed by atoms with E-state index in [0.717, 1.165) is 84.2 Å². The van der Waals surface area contributed by atoms with Crippen LogP contribution in [0, 0.1) is 0 Å². The van der Waals surface area contributed by atoms with Crippen molar-refractivity contribution in [1.29, 1.82) is 0 Å². The van der Waals surface area contributed by atoms with Gasteiger partial charge < -0.3 is 28.7 Å². The minimum Gasteiger partial charge on any atom is -0.469 e. The Morgan fingerprint density at radius 3 is 0.975 bits per heavy atom. The molecule has 1 aliphatic rings. The maximum absolute atomic E-state index is 13.1. The van der Waals surface area contributed by atoms with Crippen molar-refractivity contribution in [2.75, 3.05) is 92.4 Å². The van der Waals surface area contributed by atoms with Crippen LogP contribution in [0.4, 0.5) is 0 Å². The third-order valence-corrected chi connectivity index (χ3v) is 17.2. The molecule has 0 spiro atoms. The summed E-state index contributed by atoms with van der Waals surface area (Å²) in [6, 6.07) is 0.869. The molecule has 12 nitrogen and oxygen atoms in total. The zero-order valence-electron chi connectivity index (χ0n) is 53.8. The Labute approximate surface area is 494 Å². The van der Waals surface area contributed by atoms with Gasteiger partial charge in [0.25, 0.3) is 0 Å². The lowest BCUT2D eigenvalue weighted by Gasteiger charge is -2.38. The molecule has 1 unspecified atom stereocenters. The SMILES string of the molecule is CCCCCCCCCCCCCOC(=O)CCN(CCC(=O)OCCCCCCCCCCCCC)CCN(CCN(CCN(CCC(=O)OC)CCC(=O)OCCCCCCCCCCCCC)C1CCCCC1)C(C)CC. The van der Waals surface area contributed by atoms with Crippen LogP contribution in [-0.2, 0) is 38.1 Å². The van der Waals surface area contributed by atoms with Crippen molar-refractivity contribution in [3.63, 3.8) is 0 Å². The van der Waals surface area contributed by atoms with E-state index in [0.29, 0.717) is 83.8 Å². The normalized spacial score (nSPS) is 13.5. The van der Waals surface area contributed by atoms with Crippen molar-refractivity contribution in [3.05, 3.63) is 0 Å². The molecule has 0 N–H and O–H groups in total. The van der Waals surface area contributed by atoms with E-state index in [1.807, 2.05) is 0 Å². The van der Waals surface area contributed by atoms with Crippen molar-refractivity contribution in [2.24, 2.45) is 0 Å². The zero-order valence-corrected chi connectivity index (χ0v) is 53.8. The van der Waals surface area contributed by atoms with Crippen molar-refractivity contribution in [2.45, 2.75) is 323 Å². The highest BCUT2D eigenvalue weighted by atomic mass is 16.5. The third kappa shape index (κ3) is 47.1. The molecule has 0 heterocycles. The molecule has 0 aromatic carbocycles. The van der Waals surface area contributed by atoms with Gasteiger partial charge in [-0.15, -0.1) is 0 Å². The van der Waals surface area contributed by atoms with Gasteiger partial charge in [0.05, 0.1) is 52.6 Å². The first kappa shape index (κ1) is 75.7. The van der Waals surface area contributed by atoms with Crippen LogP contribution in [0.1, 0.15) is 311 Å². The molecule has 0 amide bonds. The fourth-order valence-electron chi connectivity index (χ4n) is 11.4. The van der Waals surface area contributed by atoms with Gasteiger partial charge in [0, 0.05) is 77.5 Å². The maximum atomic E-state index is 13.1. The molecule has 1 fully saturated rings. The van der Waals surface area contributed by atoms with Gasteiger partial charge in [0.1, 0.15) is 0 Å². The first-order valence-electron chi connectivity index (χ1n) is 34.6. The van der Waals surface area contributed by atoms with Crippen LogP contribution in [0.3, 0.4) is 0 Å². The average molecular weight is 1130 g/mol. The number of hydrogen-bond donors (Lipinski definition) is 0. The van der Waals surface area contributed by atoms with E-state index in [1.54, 1.807) is 0 Å². The second kappa shape index (κ2) is 57.2. The number of hydrogen-bond acceptors (Lipinski definition) is 12. The standard InChI is InChI=1S/C68H132N4O8/c1-7-11-14-17-20-23-26-29-32-35-41-60-78-66(74)47-51-69(50-46-65(73)77-6)55-57-72(64-44-39-38-40-45-64)59-58-71(63(5)10-4)56-54-70(52-48-67(75)79-61-42-36-33-30-27-24-21-18-15-12-8-2)53-49-68(76)80-62-43-37-34-31-28-25-22-19-16-13-9-3/h63-64H,7-62H2,1-6H3. The van der Waals surface area contributed by atoms with Gasteiger partial charge in [-0.1, -0.05) is 240 Å². The second-order valence-corrected chi connectivity index (χ2v) is 24.1. The van der Waals surface area contributed by atoms with Gasteiger partial charge in [0.2, 0.25) is 0 Å². The first-order chi connectivity index (χ1) is 39.2. The molecule has 12 heteroatoms. The Bertz CT molecular complexity index is 1350. The van der Waals surface area contributed by atoms with Crippen LogP contribution < -0.4 is 0 Å². The quantitative estimate of drug-likeness (QED) is 0.0328. The van der Waals surface area contributed by atoms with Crippen molar-refractivity contribution in [3.8, 4) is 0 Å². The van der Waals surface area contributed by atoms with E-state index >= 15 is 0 Å². The molecule has 1 saturated carbocycles. The van der Waals surface area contributed by atoms with E-state index in [-0.39, 0.29) is 23.9 Å². The summed E-state index contributed by atoms with van der Waals surface area (Å²) in [4.78, 5) is 61.4. The highest BCUT2D eigenvalue weighted by molar-refractivity contribution is 5.70. The van der Waals surface area contributed by atoms with Crippen LogP contribution >= 0.6 is 0 Å². The van der Waals surface area contributed by atoms with Gasteiger partial charge in [-0.25, -0.2) is 0 Å². The molecular formula is C68H132N4O8. The summed E-state index contributed by atoms with van der Waals surface area (Å²) in [5.41, 5.74) is 0. The molecule has 1 aliphatic carbocycles. The summed E-state index contributed by atoms with van der Waals surface area (Å²) in [6.45, 7) is 20.1. The second-order valence-electron chi connectivity index (χ2n) is 24.1. The van der Waals surface area contributed by atoms with E-state index in [9.17, 15) is 19.2 Å². The number of rotatable bonds is 60. The summed E-state index contributed by atoms with van der Waals surface area (Å²) in [7, 11) is 1.44. The van der Waals surface area contributed by atoms with Crippen molar-refractivity contribution in [1.82, 2.24) is 19.6 Å². The monoisotopic (exact) mass is 1130 g/mol. The van der Waals surface area contributed by atoms with Crippen LogP contribution in [0.15, 0.2) is 0 Å². The van der Waals surface area contributed by atoms with Crippen molar-refractivity contribution < 1.29 is 38.1 Å². The van der Waals surface area contributed by atoms with E-state index in [1.165, 1.54) is 213 Å². The molecule has 0 radical (unpaired) electrons. The summed E-state index contributed by atoms with van der Waals surface area (Å²) in [6.07, 6.45) is 50.0. The topological polar surface area (TPSA) is 118 Å². The largest absolute Gasteiger partial charge is 0.469 e. The molecule has 1 rings (SSSR count). The molecule has 0 aromatic rings. The summed E-state index contributed by atoms with van der Waals surface area (Å²) >= 11 is 0. The van der Waals surface area contributed by atoms with Crippen LogP contribution in [0.5, 0.6) is 0 Å². The Balaban J connectivity index is 2.85. The van der Waals surface area contributed by atoms with E-state index < -0.39 is 0 Å². The molecule has 472 valence electrons. The highest BCUT2D eigenvalue weighted by Crippen LogP contribution is 2.23. The number of ether oxygens (including phenoxy) is 4. The molecule has 80 heavy (non-hydrogen) atoms.